The topological polar surface area (TPSA) is 16.4 Å². The van der Waals surface area contributed by atoms with Gasteiger partial charge in [0.05, 0.1) is 22.3 Å². The minimum Gasteiger partial charge on any atom is -0.456 e. The molecule has 0 amide bonds. The third kappa shape index (κ3) is 5.91. The molecule has 0 aliphatic heterocycles. The van der Waals surface area contributed by atoms with Crippen molar-refractivity contribution in [2.24, 2.45) is 0 Å². The molecular formula is C56H37NO. The first-order valence-corrected chi connectivity index (χ1v) is 19.2. The van der Waals surface area contributed by atoms with Gasteiger partial charge in [0.25, 0.3) is 0 Å². The summed E-state index contributed by atoms with van der Waals surface area (Å²) in [6.45, 7) is 0. The summed E-state index contributed by atoms with van der Waals surface area (Å²) in [6.07, 6.45) is 0. The van der Waals surface area contributed by atoms with Gasteiger partial charge in [-0.15, -0.1) is 0 Å². The summed E-state index contributed by atoms with van der Waals surface area (Å²) in [7, 11) is 0. The highest BCUT2D eigenvalue weighted by atomic mass is 16.3. The lowest BCUT2D eigenvalue weighted by atomic mass is 9.95. The lowest BCUT2D eigenvalue weighted by molar-refractivity contribution is 0.669. The van der Waals surface area contributed by atoms with Crippen molar-refractivity contribution in [3.05, 3.63) is 224 Å². The van der Waals surface area contributed by atoms with Crippen LogP contribution in [0.5, 0.6) is 0 Å². The van der Waals surface area contributed by atoms with E-state index in [2.05, 4.69) is 77.7 Å². The summed E-state index contributed by atoms with van der Waals surface area (Å²) in [5, 5.41) is 4.51. The molecule has 0 N–H and O–H groups in total. The molecule has 0 spiro atoms. The Kier molecular flexibility index (Phi) is 6.38. The number of hydrogen-bond acceptors (Lipinski definition) is 2. The van der Waals surface area contributed by atoms with Crippen LogP contribution in [0.2, 0.25) is 0 Å². The van der Waals surface area contributed by atoms with Gasteiger partial charge in [0.2, 0.25) is 0 Å². The van der Waals surface area contributed by atoms with Crippen LogP contribution in [0.25, 0.3) is 88.0 Å². The number of nitrogens with zero attached hydrogens (tertiary/aromatic N) is 1. The third-order valence-corrected chi connectivity index (χ3v) is 10.9. The second-order valence-electron chi connectivity index (χ2n) is 14.3. The number of para-hydroxylation sites is 2. The summed E-state index contributed by atoms with van der Waals surface area (Å²) in [5.41, 5.74) is 10.1. The predicted molar refractivity (Wildman–Crippen MR) is 245 cm³/mol. The number of benzene rings is 10. The zero-order valence-electron chi connectivity index (χ0n) is 39.1. The van der Waals surface area contributed by atoms with Crippen molar-refractivity contribution < 1.29 is 15.4 Å². The van der Waals surface area contributed by atoms with E-state index in [0.717, 1.165) is 61.2 Å². The summed E-state index contributed by atoms with van der Waals surface area (Å²) < 4.78 is 74.7. The molecule has 272 valence electrons. The summed E-state index contributed by atoms with van der Waals surface area (Å²) >= 11 is 0. The van der Waals surface area contributed by atoms with Gasteiger partial charge in [-0.25, -0.2) is 0 Å². The van der Waals surface area contributed by atoms with Crippen LogP contribution < -0.4 is 4.90 Å². The molecule has 2 heteroatoms. The standard InChI is InChI=1S/C56H37NO/c1-3-13-38(14-4-1)39-23-25-40(26-24-39)41-27-31-47(32-28-41)57(52-21-11-9-18-48(52)42-15-5-2-6-16-42)53-37-46(36-44-17-7-8-19-49(44)53)43-29-33-50-45(35-43)30-34-55-56(50)51-20-10-12-22-54(51)58-55/h1-37H/i1D,3D,4D,13D,14D,20D,30D,33D. The lowest BCUT2D eigenvalue weighted by Crippen LogP contribution is -2.12. The van der Waals surface area contributed by atoms with E-state index in [-0.39, 0.29) is 41.8 Å². The van der Waals surface area contributed by atoms with Crippen LogP contribution in [0.4, 0.5) is 17.1 Å². The van der Waals surface area contributed by atoms with Crippen molar-refractivity contribution in [2.45, 2.75) is 0 Å². The highest BCUT2D eigenvalue weighted by molar-refractivity contribution is 6.19. The molecule has 0 saturated carbocycles. The second-order valence-corrected chi connectivity index (χ2v) is 14.3. The molecule has 1 aromatic heterocycles. The van der Waals surface area contributed by atoms with Crippen LogP contribution in [0.3, 0.4) is 0 Å². The number of hydrogen-bond donors (Lipinski definition) is 0. The van der Waals surface area contributed by atoms with Gasteiger partial charge >= 0.3 is 0 Å². The predicted octanol–water partition coefficient (Wildman–Crippen LogP) is 16.0. The van der Waals surface area contributed by atoms with Gasteiger partial charge in [0.1, 0.15) is 11.2 Å². The monoisotopic (exact) mass is 747 g/mol. The molecule has 0 saturated heterocycles. The Bertz CT molecular complexity index is 3710. The highest BCUT2D eigenvalue weighted by Gasteiger charge is 2.21. The van der Waals surface area contributed by atoms with Crippen molar-refractivity contribution in [3.63, 3.8) is 0 Å². The molecule has 58 heavy (non-hydrogen) atoms. The molecule has 0 atom stereocenters. The van der Waals surface area contributed by atoms with Gasteiger partial charge in [0, 0.05) is 27.4 Å². The molecule has 2 nitrogen and oxygen atoms in total. The van der Waals surface area contributed by atoms with E-state index in [1.165, 1.54) is 0 Å². The number of rotatable bonds is 7. The highest BCUT2D eigenvalue weighted by Crippen LogP contribution is 2.46. The van der Waals surface area contributed by atoms with Gasteiger partial charge in [-0.1, -0.05) is 176 Å². The van der Waals surface area contributed by atoms with Gasteiger partial charge in [-0.2, -0.15) is 0 Å². The molecule has 11 aromatic rings. The maximum absolute atomic E-state index is 9.47. The van der Waals surface area contributed by atoms with Crippen LogP contribution >= 0.6 is 0 Å². The van der Waals surface area contributed by atoms with E-state index in [4.69, 9.17) is 14.0 Å². The molecule has 0 fully saturated rings. The van der Waals surface area contributed by atoms with E-state index < -0.39 is 6.04 Å². The van der Waals surface area contributed by atoms with E-state index in [9.17, 15) is 1.37 Å². The van der Waals surface area contributed by atoms with Crippen LogP contribution in [0, 0.1) is 0 Å². The van der Waals surface area contributed by atoms with E-state index in [0.29, 0.717) is 44.3 Å². The van der Waals surface area contributed by atoms with Crippen molar-refractivity contribution in [1.82, 2.24) is 0 Å². The fourth-order valence-electron chi connectivity index (χ4n) is 8.08. The SMILES string of the molecule is [2H]c1c([2H])c([2H])c(-c2ccc(-c3ccc(N(c4ccccc4-c4ccccc4)c4cc(-c5cc([2H])c6c(c5)c([2H])cc5oc7cccc([2H])c7c56)cc5ccccc45)cc3)cc2)c([2H])c1[2H]. The van der Waals surface area contributed by atoms with E-state index in [1.807, 2.05) is 72.8 Å². The lowest BCUT2D eigenvalue weighted by Gasteiger charge is -2.30. The van der Waals surface area contributed by atoms with Crippen LogP contribution in [-0.4, -0.2) is 0 Å². The van der Waals surface area contributed by atoms with Crippen molar-refractivity contribution >= 4 is 60.5 Å². The minimum atomic E-state index is -0.418. The molecule has 11 rings (SSSR count). The number of anilines is 3. The fourth-order valence-corrected chi connectivity index (χ4v) is 8.08. The smallest absolute Gasteiger partial charge is 0.136 e. The van der Waals surface area contributed by atoms with Crippen LogP contribution in [0.15, 0.2) is 229 Å². The zero-order chi connectivity index (χ0) is 45.4. The molecule has 10 aromatic carbocycles. The Morgan fingerprint density at radius 2 is 1.05 bits per heavy atom. The summed E-state index contributed by atoms with van der Waals surface area (Å²) in [6, 6.07) is 56.9. The summed E-state index contributed by atoms with van der Waals surface area (Å²) in [5.74, 6) is 0. The van der Waals surface area contributed by atoms with E-state index in [1.54, 1.807) is 30.3 Å². The Balaban J connectivity index is 1.08. The van der Waals surface area contributed by atoms with Gasteiger partial charge < -0.3 is 9.32 Å². The van der Waals surface area contributed by atoms with Gasteiger partial charge in [-0.05, 0) is 104 Å². The molecule has 0 aliphatic rings. The quantitative estimate of drug-likeness (QED) is 0.161. The first-order valence-electron chi connectivity index (χ1n) is 23.2. The maximum atomic E-state index is 9.47. The number of furan rings is 1. The first-order chi connectivity index (χ1) is 32.0. The van der Waals surface area contributed by atoms with Crippen molar-refractivity contribution in [2.75, 3.05) is 4.90 Å². The zero-order valence-corrected chi connectivity index (χ0v) is 31.1. The van der Waals surface area contributed by atoms with Gasteiger partial charge in [-0.3, -0.25) is 0 Å². The second kappa shape index (κ2) is 14.1. The molecule has 1 heterocycles. The fraction of sp³-hybridized carbons (Fsp3) is 0. The summed E-state index contributed by atoms with van der Waals surface area (Å²) in [4.78, 5) is 2.27. The number of fused-ring (bicyclic) bond motifs is 6. The molecular weight excluding hydrogens is 703 g/mol. The average molecular weight is 748 g/mol. The molecule has 0 bridgehead atoms. The maximum Gasteiger partial charge on any atom is 0.136 e. The molecule has 0 radical (unpaired) electrons. The average Bonchev–Trinajstić information content (AvgIpc) is 3.72. The van der Waals surface area contributed by atoms with Crippen molar-refractivity contribution in [1.29, 1.82) is 0 Å². The Labute approximate surface area is 348 Å². The van der Waals surface area contributed by atoms with Crippen LogP contribution in [-0.2, 0) is 0 Å². The normalized spacial score (nSPS) is 13.4. The van der Waals surface area contributed by atoms with Gasteiger partial charge in [0.15, 0.2) is 0 Å². The molecule has 0 unspecified atom stereocenters. The molecule has 0 aliphatic carbocycles. The first kappa shape index (κ1) is 26.2. The Hall–Kier alpha value is -7.68. The Morgan fingerprint density at radius 3 is 1.88 bits per heavy atom. The van der Waals surface area contributed by atoms with Crippen molar-refractivity contribution in [3.8, 4) is 44.5 Å². The van der Waals surface area contributed by atoms with E-state index >= 15 is 0 Å². The largest absolute Gasteiger partial charge is 0.456 e. The Morgan fingerprint density at radius 1 is 0.362 bits per heavy atom. The minimum absolute atomic E-state index is 0.166. The third-order valence-electron chi connectivity index (χ3n) is 10.9. The van der Waals surface area contributed by atoms with Crippen LogP contribution in [0.1, 0.15) is 11.0 Å².